The fourth-order valence-electron chi connectivity index (χ4n) is 7.53. The van der Waals surface area contributed by atoms with Gasteiger partial charge in [0.2, 0.25) is 0 Å². The van der Waals surface area contributed by atoms with Gasteiger partial charge in [-0.15, -0.1) is 0 Å². The van der Waals surface area contributed by atoms with Gasteiger partial charge in [0.05, 0.1) is 11.1 Å². The van der Waals surface area contributed by atoms with Crippen LogP contribution in [0.3, 0.4) is 0 Å². The first-order valence-electron chi connectivity index (χ1n) is 16.3. The number of nitrogens with zero attached hydrogens (tertiary/aromatic N) is 1. The predicted octanol–water partition coefficient (Wildman–Crippen LogP) is 12.7. The van der Waals surface area contributed by atoms with E-state index < -0.39 is 0 Å². The maximum Gasteiger partial charge on any atom is 0.145 e. The molecule has 9 rings (SSSR count). The van der Waals surface area contributed by atoms with Crippen molar-refractivity contribution in [2.45, 2.75) is 19.3 Å². The van der Waals surface area contributed by atoms with Crippen LogP contribution >= 0.6 is 0 Å². The molecular formula is C45H33NO. The summed E-state index contributed by atoms with van der Waals surface area (Å²) >= 11 is 0. The fraction of sp³-hybridized carbons (Fsp3) is 0.0667. The Balaban J connectivity index is 1.33. The minimum absolute atomic E-state index is 0.110. The zero-order valence-electron chi connectivity index (χ0n) is 26.4. The summed E-state index contributed by atoms with van der Waals surface area (Å²) in [6.45, 7) is 4.65. The summed E-state index contributed by atoms with van der Waals surface area (Å²) in [6, 6.07) is 58.7. The zero-order valence-corrected chi connectivity index (χ0v) is 26.4. The Labute approximate surface area is 275 Å². The maximum atomic E-state index is 6.97. The summed E-state index contributed by atoms with van der Waals surface area (Å²) in [6.07, 6.45) is 0. The van der Waals surface area contributed by atoms with Crippen LogP contribution in [0.25, 0.3) is 55.3 Å². The lowest BCUT2D eigenvalue weighted by Crippen LogP contribution is -2.14. The van der Waals surface area contributed by atoms with Gasteiger partial charge >= 0.3 is 0 Å². The molecule has 0 N–H and O–H groups in total. The maximum absolute atomic E-state index is 6.97. The molecule has 0 fully saturated rings. The van der Waals surface area contributed by atoms with Gasteiger partial charge in [0.25, 0.3) is 0 Å². The molecule has 2 heteroatoms. The second-order valence-electron chi connectivity index (χ2n) is 13.0. The molecule has 0 saturated heterocycles. The van der Waals surface area contributed by atoms with Crippen LogP contribution in [0.15, 0.2) is 168 Å². The van der Waals surface area contributed by atoms with E-state index in [2.05, 4.69) is 183 Å². The van der Waals surface area contributed by atoms with Crippen molar-refractivity contribution in [1.82, 2.24) is 0 Å². The highest BCUT2D eigenvalue weighted by Gasteiger charge is 2.36. The lowest BCUT2D eigenvalue weighted by molar-refractivity contribution is 0.648. The van der Waals surface area contributed by atoms with Crippen molar-refractivity contribution < 1.29 is 4.42 Å². The molecule has 8 aromatic rings. The Morgan fingerprint density at radius 3 is 1.79 bits per heavy atom. The standard InChI is InChI=1S/C45H33NO/c1-45(2)39-21-13-12-20-36(39)37-28-38-42(29-40(37)45)47-44-35(32-16-8-4-9-17-32)26-27-41(43(38)44)46(33-18-10-5-11-19-33)34-24-22-31(23-25-34)30-14-6-3-7-15-30/h3-29H,1-2H3. The van der Waals surface area contributed by atoms with Crippen LogP contribution in [-0.2, 0) is 5.41 Å². The first-order chi connectivity index (χ1) is 23.1. The fourth-order valence-corrected chi connectivity index (χ4v) is 7.53. The van der Waals surface area contributed by atoms with Crippen molar-refractivity contribution in [1.29, 1.82) is 0 Å². The van der Waals surface area contributed by atoms with Crippen LogP contribution in [0.5, 0.6) is 0 Å². The molecule has 2 nitrogen and oxygen atoms in total. The summed E-state index contributed by atoms with van der Waals surface area (Å²) < 4.78 is 6.97. The summed E-state index contributed by atoms with van der Waals surface area (Å²) in [5, 5.41) is 2.24. The van der Waals surface area contributed by atoms with Gasteiger partial charge in [-0.2, -0.15) is 0 Å². The van der Waals surface area contributed by atoms with E-state index in [0.717, 1.165) is 50.1 Å². The second-order valence-corrected chi connectivity index (χ2v) is 13.0. The molecule has 0 radical (unpaired) electrons. The van der Waals surface area contributed by atoms with E-state index in [-0.39, 0.29) is 5.41 Å². The van der Waals surface area contributed by atoms with Gasteiger partial charge in [-0.25, -0.2) is 0 Å². The Bertz CT molecular complexity index is 2400. The van der Waals surface area contributed by atoms with E-state index in [0.29, 0.717) is 0 Å². The molecule has 0 saturated carbocycles. The third-order valence-electron chi connectivity index (χ3n) is 9.87. The van der Waals surface area contributed by atoms with Gasteiger partial charge in [0, 0.05) is 27.7 Å². The van der Waals surface area contributed by atoms with Crippen molar-refractivity contribution in [2.24, 2.45) is 0 Å². The van der Waals surface area contributed by atoms with Crippen molar-refractivity contribution in [2.75, 3.05) is 4.90 Å². The molecule has 0 amide bonds. The number of furan rings is 1. The average Bonchev–Trinajstić information content (AvgIpc) is 3.61. The predicted molar refractivity (Wildman–Crippen MR) is 197 cm³/mol. The van der Waals surface area contributed by atoms with Crippen molar-refractivity contribution in [3.8, 4) is 33.4 Å². The minimum atomic E-state index is -0.110. The van der Waals surface area contributed by atoms with Crippen LogP contribution < -0.4 is 4.90 Å². The van der Waals surface area contributed by atoms with Gasteiger partial charge in [-0.05, 0) is 87.5 Å². The molecule has 47 heavy (non-hydrogen) atoms. The van der Waals surface area contributed by atoms with Gasteiger partial charge in [-0.1, -0.05) is 129 Å². The molecule has 0 atom stereocenters. The number of anilines is 3. The molecule has 0 spiro atoms. The Morgan fingerprint density at radius 1 is 0.468 bits per heavy atom. The quantitative estimate of drug-likeness (QED) is 0.195. The molecule has 0 aliphatic heterocycles. The third kappa shape index (κ3) is 4.33. The van der Waals surface area contributed by atoms with Crippen molar-refractivity contribution in [3.05, 3.63) is 175 Å². The number of para-hydroxylation sites is 1. The van der Waals surface area contributed by atoms with E-state index in [9.17, 15) is 0 Å². The molecule has 224 valence electrons. The molecular weight excluding hydrogens is 571 g/mol. The van der Waals surface area contributed by atoms with Gasteiger partial charge in [0.15, 0.2) is 0 Å². The monoisotopic (exact) mass is 603 g/mol. The van der Waals surface area contributed by atoms with Crippen LogP contribution in [0.4, 0.5) is 17.1 Å². The number of benzene rings is 7. The minimum Gasteiger partial charge on any atom is -0.455 e. The second kappa shape index (κ2) is 10.6. The van der Waals surface area contributed by atoms with Gasteiger partial charge in [-0.3, -0.25) is 0 Å². The van der Waals surface area contributed by atoms with E-state index in [1.54, 1.807) is 0 Å². The average molecular weight is 604 g/mol. The SMILES string of the molecule is CC1(C)c2ccccc2-c2cc3c(cc21)oc1c(-c2ccccc2)ccc(N(c2ccccc2)c2ccc(-c4ccccc4)cc2)c13. The Morgan fingerprint density at radius 2 is 1.06 bits per heavy atom. The molecule has 1 aromatic heterocycles. The molecule has 1 aliphatic rings. The van der Waals surface area contributed by atoms with Crippen molar-refractivity contribution >= 4 is 39.0 Å². The lowest BCUT2D eigenvalue weighted by Gasteiger charge is -2.27. The molecule has 1 heterocycles. The highest BCUT2D eigenvalue weighted by molar-refractivity contribution is 6.18. The smallest absolute Gasteiger partial charge is 0.145 e. The first kappa shape index (κ1) is 27.5. The summed E-state index contributed by atoms with van der Waals surface area (Å²) in [5.41, 5.74) is 14.9. The van der Waals surface area contributed by atoms with Crippen LogP contribution in [0.2, 0.25) is 0 Å². The number of hydrogen-bond donors (Lipinski definition) is 0. The molecule has 0 unspecified atom stereocenters. The van der Waals surface area contributed by atoms with Crippen LogP contribution in [-0.4, -0.2) is 0 Å². The molecule has 7 aromatic carbocycles. The number of rotatable bonds is 5. The summed E-state index contributed by atoms with van der Waals surface area (Å²) in [5.74, 6) is 0. The summed E-state index contributed by atoms with van der Waals surface area (Å²) in [4.78, 5) is 2.37. The molecule has 0 bridgehead atoms. The first-order valence-corrected chi connectivity index (χ1v) is 16.3. The Kier molecular flexibility index (Phi) is 6.20. The van der Waals surface area contributed by atoms with Gasteiger partial charge < -0.3 is 9.32 Å². The normalized spacial score (nSPS) is 13.1. The highest BCUT2D eigenvalue weighted by atomic mass is 16.3. The molecule has 1 aliphatic carbocycles. The lowest BCUT2D eigenvalue weighted by atomic mass is 9.82. The number of hydrogen-bond acceptors (Lipinski definition) is 2. The van der Waals surface area contributed by atoms with E-state index in [1.807, 2.05) is 0 Å². The van der Waals surface area contributed by atoms with E-state index in [1.165, 1.54) is 33.4 Å². The van der Waals surface area contributed by atoms with Crippen LogP contribution in [0, 0.1) is 0 Å². The number of fused-ring (bicyclic) bond motifs is 6. The van der Waals surface area contributed by atoms with Gasteiger partial charge in [0.1, 0.15) is 11.2 Å². The third-order valence-corrected chi connectivity index (χ3v) is 9.87. The van der Waals surface area contributed by atoms with E-state index >= 15 is 0 Å². The van der Waals surface area contributed by atoms with Crippen LogP contribution in [0.1, 0.15) is 25.0 Å². The summed E-state index contributed by atoms with van der Waals surface area (Å²) in [7, 11) is 0. The van der Waals surface area contributed by atoms with E-state index in [4.69, 9.17) is 4.42 Å². The van der Waals surface area contributed by atoms with Crippen molar-refractivity contribution in [3.63, 3.8) is 0 Å². The Hall–Kier alpha value is -5.86. The zero-order chi connectivity index (χ0) is 31.5. The largest absolute Gasteiger partial charge is 0.455 e. The topological polar surface area (TPSA) is 16.4 Å². The highest BCUT2D eigenvalue weighted by Crippen LogP contribution is 2.53.